The molecule has 1 heterocycles. The van der Waals surface area contributed by atoms with Crippen LogP contribution in [0, 0.1) is 5.41 Å². The Morgan fingerprint density at radius 2 is 2.44 bits per heavy atom. The van der Waals surface area contributed by atoms with Gasteiger partial charge in [0.15, 0.2) is 0 Å². The second-order valence-electron chi connectivity index (χ2n) is 1.40. The number of rotatable bonds is 1. The van der Waals surface area contributed by atoms with E-state index in [0.717, 1.165) is 4.47 Å². The van der Waals surface area contributed by atoms with E-state index in [-0.39, 0.29) is 0 Å². The summed E-state index contributed by atoms with van der Waals surface area (Å²) in [5.41, 5.74) is 0.602. The molecule has 0 fully saturated rings. The van der Waals surface area contributed by atoms with Gasteiger partial charge < -0.3 is 5.41 Å². The zero-order chi connectivity index (χ0) is 6.69. The highest BCUT2D eigenvalue weighted by Gasteiger charge is 1.92. The summed E-state index contributed by atoms with van der Waals surface area (Å²) in [4.78, 5) is 7.53. The molecule has 0 aromatic carbocycles. The molecule has 4 heteroatoms. The first-order valence-corrected chi connectivity index (χ1v) is 3.10. The Balaban J connectivity index is 3.15. The molecule has 46 valence electrons. The maximum Gasteiger partial charge on any atom is 0.116 e. The van der Waals surface area contributed by atoms with Crippen molar-refractivity contribution in [3.05, 3.63) is 22.7 Å². The Bertz CT molecular complexity index is 223. The standard InChI is InChI=1S/C5H4BrN3/c6-4-2-8-3-9-5(4)1-7/h1-3,7H. The number of halogens is 1. The van der Waals surface area contributed by atoms with Crippen LogP contribution in [0.1, 0.15) is 5.69 Å². The molecule has 3 nitrogen and oxygen atoms in total. The molecule has 0 aliphatic rings. The summed E-state index contributed by atoms with van der Waals surface area (Å²) >= 11 is 3.18. The van der Waals surface area contributed by atoms with Crippen molar-refractivity contribution in [3.63, 3.8) is 0 Å². The van der Waals surface area contributed by atoms with Gasteiger partial charge in [0.25, 0.3) is 0 Å². The summed E-state index contributed by atoms with van der Waals surface area (Å²) in [6.45, 7) is 0. The van der Waals surface area contributed by atoms with E-state index in [4.69, 9.17) is 5.41 Å². The van der Waals surface area contributed by atoms with Crippen LogP contribution in [0.25, 0.3) is 0 Å². The SMILES string of the molecule is N=Cc1ncncc1Br. The van der Waals surface area contributed by atoms with Crippen LogP contribution in [-0.2, 0) is 0 Å². The molecule has 1 aromatic rings. The lowest BCUT2D eigenvalue weighted by Gasteiger charge is -1.90. The molecule has 1 aromatic heterocycles. The summed E-state index contributed by atoms with van der Waals surface area (Å²) in [5.74, 6) is 0. The summed E-state index contributed by atoms with van der Waals surface area (Å²) < 4.78 is 0.750. The second kappa shape index (κ2) is 2.68. The summed E-state index contributed by atoms with van der Waals surface area (Å²) in [6.07, 6.45) is 4.18. The first-order chi connectivity index (χ1) is 4.34. The van der Waals surface area contributed by atoms with Crippen LogP contribution in [0.15, 0.2) is 17.0 Å². The molecule has 9 heavy (non-hydrogen) atoms. The third-order valence-electron chi connectivity index (χ3n) is 0.833. The van der Waals surface area contributed by atoms with E-state index in [1.54, 1.807) is 6.20 Å². The Morgan fingerprint density at radius 3 is 2.89 bits per heavy atom. The average molecular weight is 186 g/mol. The first-order valence-electron chi connectivity index (χ1n) is 2.30. The van der Waals surface area contributed by atoms with Crippen molar-refractivity contribution in [2.24, 2.45) is 0 Å². The second-order valence-corrected chi connectivity index (χ2v) is 2.25. The molecule has 0 radical (unpaired) electrons. The van der Waals surface area contributed by atoms with Gasteiger partial charge in [0, 0.05) is 12.4 Å². The number of nitrogens with zero attached hydrogens (tertiary/aromatic N) is 2. The third kappa shape index (κ3) is 1.32. The Kier molecular flexibility index (Phi) is 1.89. The van der Waals surface area contributed by atoms with Crippen LogP contribution >= 0.6 is 15.9 Å². The maximum atomic E-state index is 6.84. The van der Waals surface area contributed by atoms with Gasteiger partial charge in [-0.2, -0.15) is 0 Å². The number of hydrogen-bond donors (Lipinski definition) is 1. The molecule has 1 rings (SSSR count). The summed E-state index contributed by atoms with van der Waals surface area (Å²) in [7, 11) is 0. The number of aromatic nitrogens is 2. The topological polar surface area (TPSA) is 49.6 Å². The van der Waals surface area contributed by atoms with E-state index in [0.29, 0.717) is 5.69 Å². The van der Waals surface area contributed by atoms with E-state index < -0.39 is 0 Å². The van der Waals surface area contributed by atoms with Crippen molar-refractivity contribution < 1.29 is 0 Å². The number of nitrogens with one attached hydrogen (secondary N) is 1. The van der Waals surface area contributed by atoms with Crippen molar-refractivity contribution >= 4 is 22.1 Å². The molecular weight excluding hydrogens is 182 g/mol. The van der Waals surface area contributed by atoms with Crippen LogP contribution in [0.4, 0.5) is 0 Å². The highest BCUT2D eigenvalue weighted by Crippen LogP contribution is 2.08. The fourth-order valence-electron chi connectivity index (χ4n) is 0.428. The predicted molar refractivity (Wildman–Crippen MR) is 37.6 cm³/mol. The number of hydrogen-bond acceptors (Lipinski definition) is 3. The molecule has 0 saturated carbocycles. The lowest BCUT2D eigenvalue weighted by atomic mass is 10.4. The van der Waals surface area contributed by atoms with Gasteiger partial charge in [0.05, 0.1) is 10.2 Å². The van der Waals surface area contributed by atoms with Gasteiger partial charge in [-0.15, -0.1) is 0 Å². The van der Waals surface area contributed by atoms with Crippen LogP contribution < -0.4 is 0 Å². The molecule has 0 atom stereocenters. The van der Waals surface area contributed by atoms with Crippen LogP contribution in [-0.4, -0.2) is 16.2 Å². The summed E-state index contributed by atoms with van der Waals surface area (Å²) in [5, 5.41) is 6.84. The lowest BCUT2D eigenvalue weighted by Crippen LogP contribution is -1.87. The highest BCUT2D eigenvalue weighted by molar-refractivity contribution is 9.10. The predicted octanol–water partition coefficient (Wildman–Crippen LogP) is 1.24. The molecule has 0 amide bonds. The molecule has 0 unspecified atom stereocenters. The van der Waals surface area contributed by atoms with Crippen molar-refractivity contribution in [1.29, 1.82) is 5.41 Å². The Labute approximate surface area is 60.8 Å². The van der Waals surface area contributed by atoms with Gasteiger partial charge in [0.1, 0.15) is 6.33 Å². The zero-order valence-corrected chi connectivity index (χ0v) is 6.09. The minimum Gasteiger partial charge on any atom is -0.306 e. The third-order valence-corrected chi connectivity index (χ3v) is 1.44. The smallest absolute Gasteiger partial charge is 0.116 e. The van der Waals surface area contributed by atoms with Gasteiger partial charge >= 0.3 is 0 Å². The average Bonchev–Trinajstić information content (AvgIpc) is 1.89. The molecule has 0 aliphatic heterocycles. The van der Waals surface area contributed by atoms with Gasteiger partial charge in [-0.05, 0) is 15.9 Å². The van der Waals surface area contributed by atoms with Crippen molar-refractivity contribution in [1.82, 2.24) is 9.97 Å². The van der Waals surface area contributed by atoms with E-state index in [9.17, 15) is 0 Å². The van der Waals surface area contributed by atoms with Gasteiger partial charge in [-0.3, -0.25) is 0 Å². The molecule has 1 N–H and O–H groups in total. The van der Waals surface area contributed by atoms with Gasteiger partial charge in [0.2, 0.25) is 0 Å². The fourth-order valence-corrected chi connectivity index (χ4v) is 0.763. The van der Waals surface area contributed by atoms with Gasteiger partial charge in [-0.25, -0.2) is 9.97 Å². The Hall–Kier alpha value is -0.770. The fraction of sp³-hybridized carbons (Fsp3) is 0. The molecule has 0 saturated heterocycles. The van der Waals surface area contributed by atoms with Crippen LogP contribution in [0.3, 0.4) is 0 Å². The van der Waals surface area contributed by atoms with E-state index in [1.165, 1.54) is 12.5 Å². The van der Waals surface area contributed by atoms with Crippen LogP contribution in [0.5, 0.6) is 0 Å². The summed E-state index contributed by atoms with van der Waals surface area (Å²) in [6, 6.07) is 0. The molecule has 0 spiro atoms. The molecule has 0 bridgehead atoms. The zero-order valence-electron chi connectivity index (χ0n) is 4.50. The van der Waals surface area contributed by atoms with E-state index in [1.807, 2.05) is 0 Å². The van der Waals surface area contributed by atoms with Crippen molar-refractivity contribution in [2.75, 3.05) is 0 Å². The minimum atomic E-state index is 0.602. The van der Waals surface area contributed by atoms with E-state index in [2.05, 4.69) is 25.9 Å². The highest BCUT2D eigenvalue weighted by atomic mass is 79.9. The monoisotopic (exact) mass is 185 g/mol. The van der Waals surface area contributed by atoms with Crippen molar-refractivity contribution in [2.45, 2.75) is 0 Å². The minimum absolute atomic E-state index is 0.602. The first kappa shape index (κ1) is 6.35. The van der Waals surface area contributed by atoms with Crippen LogP contribution in [0.2, 0.25) is 0 Å². The molecular formula is C5H4BrN3. The van der Waals surface area contributed by atoms with Gasteiger partial charge in [-0.1, -0.05) is 0 Å². The lowest BCUT2D eigenvalue weighted by molar-refractivity contribution is 1.14. The van der Waals surface area contributed by atoms with E-state index >= 15 is 0 Å². The largest absolute Gasteiger partial charge is 0.306 e. The normalized spacial score (nSPS) is 9.00. The maximum absolute atomic E-state index is 6.84. The van der Waals surface area contributed by atoms with Crippen molar-refractivity contribution in [3.8, 4) is 0 Å². The Morgan fingerprint density at radius 1 is 1.67 bits per heavy atom. The quantitative estimate of drug-likeness (QED) is 0.670. The molecule has 0 aliphatic carbocycles.